The van der Waals surface area contributed by atoms with Crippen molar-refractivity contribution in [2.75, 3.05) is 49.3 Å². The second-order valence-corrected chi connectivity index (χ2v) is 7.39. The topological polar surface area (TPSA) is 124 Å². The number of methoxy groups -OCH3 is 1. The zero-order valence-electron chi connectivity index (χ0n) is 18.0. The van der Waals surface area contributed by atoms with E-state index in [1.54, 1.807) is 30.1 Å². The molecule has 3 aromatic heterocycles. The summed E-state index contributed by atoms with van der Waals surface area (Å²) in [5.74, 6) is 2.01. The lowest BCUT2D eigenvalue weighted by Crippen LogP contribution is -2.48. The van der Waals surface area contributed by atoms with Crippen LogP contribution in [0.15, 0.2) is 30.5 Å². The van der Waals surface area contributed by atoms with Crippen LogP contribution in [0.3, 0.4) is 0 Å². The standard InChI is InChI=1S/C20H24FN9O2/c1-12(14-5-4-13(21)10-22-14)23-15-8-17(30-7-6-29(2)19(31)11-30)26-20(24-15)25-16-9-18(32-3)28-27-16/h4-5,8-10,12H,6-7,11H2,1-3H3,(H3,23,24,25,26,27,28)/t12-/m0/s1. The lowest BCUT2D eigenvalue weighted by atomic mass is 10.2. The van der Waals surface area contributed by atoms with Gasteiger partial charge in [-0.1, -0.05) is 0 Å². The van der Waals surface area contributed by atoms with Gasteiger partial charge in [-0.05, 0) is 19.1 Å². The van der Waals surface area contributed by atoms with Gasteiger partial charge in [0, 0.05) is 32.3 Å². The molecule has 4 rings (SSSR count). The first-order chi connectivity index (χ1) is 15.4. The number of hydrogen-bond donors (Lipinski definition) is 3. The summed E-state index contributed by atoms with van der Waals surface area (Å²) in [6, 6.07) is 6.18. The fourth-order valence-corrected chi connectivity index (χ4v) is 3.21. The molecule has 1 aliphatic rings. The molecule has 3 aromatic rings. The number of rotatable bonds is 7. The second-order valence-electron chi connectivity index (χ2n) is 7.39. The average molecular weight is 441 g/mol. The van der Waals surface area contributed by atoms with Gasteiger partial charge in [0.1, 0.15) is 23.3 Å². The van der Waals surface area contributed by atoms with E-state index in [2.05, 4.69) is 35.8 Å². The summed E-state index contributed by atoms with van der Waals surface area (Å²) in [7, 11) is 3.30. The molecule has 1 fully saturated rings. The number of hydrogen-bond acceptors (Lipinski definition) is 9. The summed E-state index contributed by atoms with van der Waals surface area (Å²) in [6.45, 7) is 3.36. The van der Waals surface area contributed by atoms with Crippen LogP contribution in [0, 0.1) is 5.82 Å². The molecular weight excluding hydrogens is 417 g/mol. The van der Waals surface area contributed by atoms with Gasteiger partial charge in [-0.2, -0.15) is 9.97 Å². The number of carbonyl (C=O) groups is 1. The highest BCUT2D eigenvalue weighted by Gasteiger charge is 2.23. The number of nitrogens with zero attached hydrogens (tertiary/aromatic N) is 6. The van der Waals surface area contributed by atoms with Crippen LogP contribution in [0.2, 0.25) is 0 Å². The zero-order chi connectivity index (χ0) is 22.7. The van der Waals surface area contributed by atoms with Crippen LogP contribution in [0.25, 0.3) is 0 Å². The third kappa shape index (κ3) is 4.85. The number of aromatic amines is 1. The molecule has 0 saturated carbocycles. The number of carbonyl (C=O) groups excluding carboxylic acids is 1. The fraction of sp³-hybridized carbons (Fsp3) is 0.350. The van der Waals surface area contributed by atoms with Gasteiger partial charge in [0.15, 0.2) is 0 Å². The summed E-state index contributed by atoms with van der Waals surface area (Å²) in [6.07, 6.45) is 1.17. The summed E-state index contributed by atoms with van der Waals surface area (Å²) in [4.78, 5) is 29.0. The van der Waals surface area contributed by atoms with Gasteiger partial charge < -0.3 is 25.2 Å². The van der Waals surface area contributed by atoms with E-state index in [0.29, 0.717) is 48.1 Å². The van der Waals surface area contributed by atoms with E-state index in [0.717, 1.165) is 0 Å². The quantitative estimate of drug-likeness (QED) is 0.504. The van der Waals surface area contributed by atoms with Gasteiger partial charge in [-0.25, -0.2) is 4.39 Å². The van der Waals surface area contributed by atoms with E-state index in [1.165, 1.54) is 19.4 Å². The Morgan fingerprint density at radius 3 is 2.78 bits per heavy atom. The number of nitrogens with one attached hydrogen (secondary N) is 3. The monoisotopic (exact) mass is 441 g/mol. The number of piperazine rings is 1. The first-order valence-electron chi connectivity index (χ1n) is 10.0. The Morgan fingerprint density at radius 1 is 1.25 bits per heavy atom. The number of halogens is 1. The molecule has 0 spiro atoms. The van der Waals surface area contributed by atoms with Gasteiger partial charge in [-0.3, -0.25) is 14.9 Å². The molecule has 12 heteroatoms. The lowest BCUT2D eigenvalue weighted by molar-refractivity contribution is -0.129. The number of likely N-dealkylation sites (N-methyl/N-ethyl adjacent to an activating group) is 1. The van der Waals surface area contributed by atoms with Crippen molar-refractivity contribution in [1.82, 2.24) is 30.0 Å². The van der Waals surface area contributed by atoms with Crippen LogP contribution >= 0.6 is 0 Å². The van der Waals surface area contributed by atoms with Gasteiger partial charge in [-0.15, -0.1) is 5.10 Å². The van der Waals surface area contributed by atoms with Crippen LogP contribution in [-0.4, -0.2) is 69.7 Å². The number of H-pyrrole nitrogens is 1. The molecule has 0 unspecified atom stereocenters. The smallest absolute Gasteiger partial charge is 0.241 e. The van der Waals surface area contributed by atoms with Crippen molar-refractivity contribution >= 4 is 29.3 Å². The molecule has 168 valence electrons. The predicted octanol–water partition coefficient (Wildman–Crippen LogP) is 1.94. The van der Waals surface area contributed by atoms with Crippen molar-refractivity contribution in [3.63, 3.8) is 0 Å². The predicted molar refractivity (Wildman–Crippen MR) is 117 cm³/mol. The highest BCUT2D eigenvalue weighted by Crippen LogP contribution is 2.25. The number of anilines is 4. The maximum Gasteiger partial charge on any atom is 0.241 e. The Morgan fingerprint density at radius 2 is 2.09 bits per heavy atom. The minimum absolute atomic E-state index is 0.0149. The van der Waals surface area contributed by atoms with Crippen molar-refractivity contribution in [3.05, 3.63) is 42.0 Å². The highest BCUT2D eigenvalue weighted by atomic mass is 19.1. The summed E-state index contributed by atoms with van der Waals surface area (Å²) in [5, 5.41) is 13.1. The van der Waals surface area contributed by atoms with E-state index in [-0.39, 0.29) is 18.5 Å². The molecule has 11 nitrogen and oxygen atoms in total. The molecule has 1 saturated heterocycles. The van der Waals surface area contributed by atoms with Crippen molar-refractivity contribution < 1.29 is 13.9 Å². The molecule has 3 N–H and O–H groups in total. The van der Waals surface area contributed by atoms with Crippen LogP contribution in [-0.2, 0) is 4.79 Å². The third-order valence-corrected chi connectivity index (χ3v) is 5.06. The van der Waals surface area contributed by atoms with E-state index in [4.69, 9.17) is 4.74 Å². The number of aromatic nitrogens is 5. The van der Waals surface area contributed by atoms with E-state index in [1.807, 2.05) is 11.8 Å². The zero-order valence-corrected chi connectivity index (χ0v) is 18.0. The summed E-state index contributed by atoms with van der Waals surface area (Å²) in [5.41, 5.74) is 0.661. The SMILES string of the molecule is COc1cc(Nc2nc(N[C@@H](C)c3ccc(F)cn3)cc(N3CCN(C)C(=O)C3)n2)[nH]n1. The average Bonchev–Trinajstić information content (AvgIpc) is 3.23. The molecule has 1 aliphatic heterocycles. The molecule has 0 aliphatic carbocycles. The number of amides is 1. The minimum Gasteiger partial charge on any atom is -0.480 e. The molecule has 0 bridgehead atoms. The van der Waals surface area contributed by atoms with Crippen LogP contribution < -0.4 is 20.3 Å². The fourth-order valence-electron chi connectivity index (χ4n) is 3.21. The number of pyridine rings is 1. The van der Waals surface area contributed by atoms with E-state index in [9.17, 15) is 9.18 Å². The maximum atomic E-state index is 13.2. The summed E-state index contributed by atoms with van der Waals surface area (Å²) >= 11 is 0. The molecule has 0 radical (unpaired) electrons. The Hall–Kier alpha value is -3.96. The lowest BCUT2D eigenvalue weighted by Gasteiger charge is -2.33. The van der Waals surface area contributed by atoms with Crippen LogP contribution in [0.4, 0.5) is 27.8 Å². The Kier molecular flexibility index (Phi) is 6.01. The third-order valence-electron chi connectivity index (χ3n) is 5.06. The second kappa shape index (κ2) is 9.04. The normalized spacial score (nSPS) is 14.9. The van der Waals surface area contributed by atoms with Gasteiger partial charge in [0.2, 0.25) is 17.7 Å². The van der Waals surface area contributed by atoms with Gasteiger partial charge in [0.25, 0.3) is 0 Å². The van der Waals surface area contributed by atoms with E-state index < -0.39 is 5.82 Å². The Balaban J connectivity index is 1.61. The minimum atomic E-state index is -0.397. The van der Waals surface area contributed by atoms with Crippen molar-refractivity contribution in [2.45, 2.75) is 13.0 Å². The molecule has 4 heterocycles. The van der Waals surface area contributed by atoms with Crippen LogP contribution in [0.5, 0.6) is 5.88 Å². The first-order valence-corrected chi connectivity index (χ1v) is 10.0. The Bertz CT molecular complexity index is 1090. The van der Waals surface area contributed by atoms with Gasteiger partial charge in [0.05, 0.1) is 31.6 Å². The van der Waals surface area contributed by atoms with Crippen molar-refractivity contribution in [3.8, 4) is 5.88 Å². The molecule has 32 heavy (non-hydrogen) atoms. The number of ether oxygens (including phenoxy) is 1. The molecule has 0 aromatic carbocycles. The van der Waals surface area contributed by atoms with Crippen LogP contribution in [0.1, 0.15) is 18.7 Å². The molecule has 1 atom stereocenters. The summed E-state index contributed by atoms with van der Waals surface area (Å²) < 4.78 is 18.3. The maximum absolute atomic E-state index is 13.2. The Labute approximate surface area is 184 Å². The van der Waals surface area contributed by atoms with Crippen molar-refractivity contribution in [2.24, 2.45) is 0 Å². The van der Waals surface area contributed by atoms with Gasteiger partial charge >= 0.3 is 0 Å². The van der Waals surface area contributed by atoms with Crippen molar-refractivity contribution in [1.29, 1.82) is 0 Å². The molecule has 1 amide bonds. The van der Waals surface area contributed by atoms with E-state index >= 15 is 0 Å². The molecular formula is C20H24FN9O2. The highest BCUT2D eigenvalue weighted by molar-refractivity contribution is 5.82. The largest absolute Gasteiger partial charge is 0.480 e. The first kappa shape index (κ1) is 21.3.